The van der Waals surface area contributed by atoms with Crippen molar-refractivity contribution in [3.8, 4) is 11.5 Å². The molecule has 118 valence electrons. The Hall–Kier alpha value is -1.61. The molecule has 1 unspecified atom stereocenters. The molecule has 0 fully saturated rings. The highest BCUT2D eigenvalue weighted by molar-refractivity contribution is 7.93. The van der Waals surface area contributed by atoms with E-state index in [-0.39, 0.29) is 23.7 Å². The predicted octanol–water partition coefficient (Wildman–Crippen LogP) is 1.75. The highest BCUT2D eigenvalue weighted by Crippen LogP contribution is 2.42. The zero-order valence-electron chi connectivity index (χ0n) is 11.5. The maximum Gasteiger partial charge on any atom is 0.586 e. The van der Waals surface area contributed by atoms with Crippen molar-refractivity contribution in [2.24, 2.45) is 0 Å². The van der Waals surface area contributed by atoms with E-state index < -0.39 is 21.6 Å². The Morgan fingerprint density at radius 3 is 2.62 bits per heavy atom. The van der Waals surface area contributed by atoms with Gasteiger partial charge in [-0.05, 0) is 25.6 Å². The largest absolute Gasteiger partial charge is 0.586 e. The molecule has 21 heavy (non-hydrogen) atoms. The standard InChI is InChI=1S/C12H16F2N2O4S/c1-3-15-7-8(2)21(17,18)16-9-4-5-10-11(6-9)20-12(13,14)19-10/h4-6,8,15-16H,3,7H2,1-2H3. The van der Waals surface area contributed by atoms with Crippen LogP contribution in [-0.4, -0.2) is 33.1 Å². The van der Waals surface area contributed by atoms with Gasteiger partial charge >= 0.3 is 6.29 Å². The van der Waals surface area contributed by atoms with Crippen molar-refractivity contribution >= 4 is 15.7 Å². The van der Waals surface area contributed by atoms with E-state index in [1.807, 2.05) is 6.92 Å². The summed E-state index contributed by atoms with van der Waals surface area (Å²) in [6.07, 6.45) is -3.72. The molecule has 0 saturated carbocycles. The summed E-state index contributed by atoms with van der Waals surface area (Å²) in [6, 6.07) is 3.72. The lowest BCUT2D eigenvalue weighted by Gasteiger charge is -2.15. The summed E-state index contributed by atoms with van der Waals surface area (Å²) in [4.78, 5) is 0. The molecule has 1 aromatic carbocycles. The Balaban J connectivity index is 2.11. The molecule has 1 atom stereocenters. The topological polar surface area (TPSA) is 76.7 Å². The van der Waals surface area contributed by atoms with Crippen LogP contribution in [0.5, 0.6) is 11.5 Å². The average Bonchev–Trinajstić information content (AvgIpc) is 2.68. The van der Waals surface area contributed by atoms with Crippen LogP contribution < -0.4 is 19.5 Å². The fraction of sp³-hybridized carbons (Fsp3) is 0.500. The molecule has 6 nitrogen and oxygen atoms in total. The first-order valence-electron chi connectivity index (χ1n) is 6.36. The van der Waals surface area contributed by atoms with E-state index in [1.54, 1.807) is 6.92 Å². The molecule has 9 heteroatoms. The van der Waals surface area contributed by atoms with Gasteiger partial charge in [0.2, 0.25) is 10.0 Å². The van der Waals surface area contributed by atoms with Gasteiger partial charge in [0.1, 0.15) is 0 Å². The van der Waals surface area contributed by atoms with E-state index in [1.165, 1.54) is 12.1 Å². The van der Waals surface area contributed by atoms with Crippen LogP contribution >= 0.6 is 0 Å². The fourth-order valence-corrected chi connectivity index (χ4v) is 2.73. The minimum atomic E-state index is -3.72. The second-order valence-electron chi connectivity index (χ2n) is 4.59. The van der Waals surface area contributed by atoms with Crippen LogP contribution in [0.1, 0.15) is 13.8 Å². The van der Waals surface area contributed by atoms with Crippen molar-refractivity contribution in [3.63, 3.8) is 0 Å². The summed E-state index contributed by atoms with van der Waals surface area (Å²) in [5.41, 5.74) is 0.137. The van der Waals surface area contributed by atoms with Crippen LogP contribution in [-0.2, 0) is 10.0 Å². The van der Waals surface area contributed by atoms with Gasteiger partial charge in [-0.2, -0.15) is 0 Å². The van der Waals surface area contributed by atoms with E-state index in [4.69, 9.17) is 0 Å². The first-order valence-corrected chi connectivity index (χ1v) is 7.90. The second kappa shape index (κ2) is 5.64. The van der Waals surface area contributed by atoms with Crippen LogP contribution in [0.4, 0.5) is 14.5 Å². The van der Waals surface area contributed by atoms with Crippen molar-refractivity contribution in [3.05, 3.63) is 18.2 Å². The third kappa shape index (κ3) is 3.73. The lowest BCUT2D eigenvalue weighted by molar-refractivity contribution is -0.286. The lowest BCUT2D eigenvalue weighted by atomic mass is 10.3. The van der Waals surface area contributed by atoms with E-state index >= 15 is 0 Å². The smallest absolute Gasteiger partial charge is 0.395 e. The molecule has 0 amide bonds. The normalized spacial score (nSPS) is 17.5. The molecular formula is C12H16F2N2O4S. The van der Waals surface area contributed by atoms with Crippen molar-refractivity contribution < 1.29 is 26.7 Å². The maximum absolute atomic E-state index is 12.9. The minimum Gasteiger partial charge on any atom is -0.395 e. The molecule has 1 aromatic rings. The number of rotatable bonds is 6. The van der Waals surface area contributed by atoms with Crippen molar-refractivity contribution in [1.29, 1.82) is 0 Å². The summed E-state index contributed by atoms with van der Waals surface area (Å²) in [7, 11) is -3.63. The van der Waals surface area contributed by atoms with Gasteiger partial charge in [0.25, 0.3) is 0 Å². The van der Waals surface area contributed by atoms with Crippen molar-refractivity contribution in [2.75, 3.05) is 17.8 Å². The number of benzene rings is 1. The number of hydrogen-bond donors (Lipinski definition) is 2. The number of sulfonamides is 1. The molecule has 0 aromatic heterocycles. The minimum absolute atomic E-state index is 0.136. The van der Waals surface area contributed by atoms with Gasteiger partial charge in [-0.25, -0.2) is 8.42 Å². The first-order chi connectivity index (χ1) is 9.73. The Morgan fingerprint density at radius 1 is 1.29 bits per heavy atom. The fourth-order valence-electron chi connectivity index (χ4n) is 1.73. The predicted molar refractivity (Wildman–Crippen MR) is 73.2 cm³/mol. The number of nitrogens with one attached hydrogen (secondary N) is 2. The van der Waals surface area contributed by atoms with E-state index in [0.29, 0.717) is 6.54 Å². The number of halogens is 2. The molecule has 0 saturated heterocycles. The Kier molecular flexibility index (Phi) is 4.24. The van der Waals surface area contributed by atoms with Crippen LogP contribution in [0.3, 0.4) is 0 Å². The zero-order valence-corrected chi connectivity index (χ0v) is 12.3. The monoisotopic (exact) mass is 322 g/mol. The van der Waals surface area contributed by atoms with E-state index in [9.17, 15) is 17.2 Å². The molecule has 2 rings (SSSR count). The van der Waals surface area contributed by atoms with Crippen molar-refractivity contribution in [1.82, 2.24) is 5.32 Å². The number of anilines is 1. The second-order valence-corrected chi connectivity index (χ2v) is 6.69. The van der Waals surface area contributed by atoms with Crippen LogP contribution in [0, 0.1) is 0 Å². The molecule has 0 bridgehead atoms. The van der Waals surface area contributed by atoms with Crippen LogP contribution in [0.25, 0.3) is 0 Å². The number of fused-ring (bicyclic) bond motifs is 1. The first kappa shape index (κ1) is 15.8. The Bertz CT molecular complexity index is 622. The summed E-state index contributed by atoms with van der Waals surface area (Å²) >= 11 is 0. The average molecular weight is 322 g/mol. The quantitative estimate of drug-likeness (QED) is 0.834. The SMILES string of the molecule is CCNCC(C)S(=O)(=O)Nc1ccc2c(c1)OC(F)(F)O2. The van der Waals surface area contributed by atoms with Gasteiger partial charge in [-0.3, -0.25) is 4.72 Å². The molecule has 0 aliphatic carbocycles. The maximum atomic E-state index is 12.9. The molecule has 0 radical (unpaired) electrons. The third-order valence-electron chi connectivity index (χ3n) is 2.87. The highest BCUT2D eigenvalue weighted by Gasteiger charge is 2.43. The molecule has 2 N–H and O–H groups in total. The summed E-state index contributed by atoms with van der Waals surface area (Å²) in [5, 5.41) is 2.25. The molecular weight excluding hydrogens is 306 g/mol. The summed E-state index contributed by atoms with van der Waals surface area (Å²) < 4.78 is 60.7. The third-order valence-corrected chi connectivity index (χ3v) is 4.62. The van der Waals surface area contributed by atoms with E-state index in [0.717, 1.165) is 6.07 Å². The van der Waals surface area contributed by atoms with Crippen LogP contribution in [0.15, 0.2) is 18.2 Å². The Morgan fingerprint density at radius 2 is 1.95 bits per heavy atom. The molecule has 0 spiro atoms. The van der Waals surface area contributed by atoms with Gasteiger partial charge in [-0.15, -0.1) is 8.78 Å². The van der Waals surface area contributed by atoms with Crippen LogP contribution in [0.2, 0.25) is 0 Å². The van der Waals surface area contributed by atoms with Gasteiger partial charge in [0.05, 0.1) is 10.9 Å². The van der Waals surface area contributed by atoms with Gasteiger partial charge in [0.15, 0.2) is 11.5 Å². The number of ether oxygens (including phenoxy) is 2. The van der Waals surface area contributed by atoms with Gasteiger partial charge in [-0.1, -0.05) is 6.92 Å². The zero-order chi connectivity index (χ0) is 15.7. The summed E-state index contributed by atoms with van der Waals surface area (Å²) in [5.74, 6) is -0.344. The Labute approximate surface area is 121 Å². The molecule has 1 aliphatic heterocycles. The van der Waals surface area contributed by atoms with Gasteiger partial charge < -0.3 is 14.8 Å². The van der Waals surface area contributed by atoms with Gasteiger partial charge in [0, 0.05) is 12.6 Å². The summed E-state index contributed by atoms with van der Waals surface area (Å²) in [6.45, 7) is 4.35. The van der Waals surface area contributed by atoms with Crippen molar-refractivity contribution in [2.45, 2.75) is 25.4 Å². The van der Waals surface area contributed by atoms with E-state index in [2.05, 4.69) is 19.5 Å². The number of hydrogen-bond acceptors (Lipinski definition) is 5. The lowest BCUT2D eigenvalue weighted by Crippen LogP contribution is -2.34. The highest BCUT2D eigenvalue weighted by atomic mass is 32.2. The molecule has 1 aliphatic rings. The molecule has 1 heterocycles. The number of alkyl halides is 2.